The van der Waals surface area contributed by atoms with Crippen LogP contribution in [0.25, 0.3) is 11.5 Å². The Kier molecular flexibility index (Phi) is 4.60. The lowest BCUT2D eigenvalue weighted by Gasteiger charge is -2.00. The minimum Gasteiger partial charge on any atom is -0.460 e. The molecule has 0 aliphatic rings. The maximum absolute atomic E-state index is 11.8. The summed E-state index contributed by atoms with van der Waals surface area (Å²) in [6, 6.07) is 5.80. The molecule has 0 saturated carbocycles. The summed E-state index contributed by atoms with van der Waals surface area (Å²) in [4.78, 5) is 16.2. The van der Waals surface area contributed by atoms with E-state index in [0.717, 1.165) is 15.6 Å². The van der Waals surface area contributed by atoms with Crippen LogP contribution in [0.5, 0.6) is 0 Å². The Morgan fingerprint density at radius 1 is 1.40 bits per heavy atom. The minimum atomic E-state index is -0.461. The minimum absolute atomic E-state index is 0.199. The van der Waals surface area contributed by atoms with Gasteiger partial charge in [0.1, 0.15) is 0 Å². The highest BCUT2D eigenvalue weighted by atomic mass is 79.9. The first-order chi connectivity index (χ1) is 9.56. The molecule has 0 aliphatic carbocycles. The molecular weight excluding hydrogens is 322 g/mol. The molecule has 0 spiro atoms. The van der Waals surface area contributed by atoms with E-state index in [2.05, 4.69) is 20.9 Å². The van der Waals surface area contributed by atoms with Crippen LogP contribution in [-0.2, 0) is 11.2 Å². The zero-order valence-electron chi connectivity index (χ0n) is 11.7. The molecule has 4 nitrogen and oxygen atoms in total. The number of carbonyl (C=O) groups excluding carboxylic acids is 1. The number of hydrogen-bond acceptors (Lipinski definition) is 4. The van der Waals surface area contributed by atoms with Crippen LogP contribution < -0.4 is 0 Å². The highest BCUT2D eigenvalue weighted by molar-refractivity contribution is 9.10. The number of benzene rings is 1. The van der Waals surface area contributed by atoms with Crippen molar-refractivity contribution >= 4 is 21.9 Å². The van der Waals surface area contributed by atoms with Crippen molar-refractivity contribution < 1.29 is 13.9 Å². The summed E-state index contributed by atoms with van der Waals surface area (Å²) >= 11 is 3.45. The summed E-state index contributed by atoms with van der Waals surface area (Å²) in [6.45, 7) is 6.00. The third-order valence-corrected chi connectivity index (χ3v) is 3.79. The van der Waals surface area contributed by atoms with Gasteiger partial charge >= 0.3 is 5.97 Å². The lowest BCUT2D eigenvalue weighted by molar-refractivity contribution is 0.0489. The molecule has 0 N–H and O–H groups in total. The van der Waals surface area contributed by atoms with Crippen molar-refractivity contribution in [1.29, 1.82) is 0 Å². The van der Waals surface area contributed by atoms with Crippen LogP contribution in [0.3, 0.4) is 0 Å². The molecule has 2 rings (SSSR count). The molecule has 1 aromatic heterocycles. The predicted octanol–water partition coefficient (Wildman–Crippen LogP) is 4.15. The van der Waals surface area contributed by atoms with Crippen molar-refractivity contribution in [3.63, 3.8) is 0 Å². The molecule has 0 atom stereocenters. The molecule has 0 unspecified atom stereocenters. The Labute approximate surface area is 126 Å². The van der Waals surface area contributed by atoms with E-state index in [0.29, 0.717) is 24.6 Å². The van der Waals surface area contributed by atoms with Crippen LogP contribution >= 0.6 is 15.9 Å². The van der Waals surface area contributed by atoms with E-state index in [4.69, 9.17) is 9.15 Å². The van der Waals surface area contributed by atoms with E-state index in [1.807, 2.05) is 32.0 Å². The number of aromatic nitrogens is 1. The maximum Gasteiger partial charge on any atom is 0.376 e. The Hall–Kier alpha value is -1.62. The van der Waals surface area contributed by atoms with Crippen molar-refractivity contribution in [2.45, 2.75) is 27.2 Å². The lowest BCUT2D eigenvalue weighted by atomic mass is 10.1. The maximum atomic E-state index is 11.8. The molecule has 0 radical (unpaired) electrons. The Balaban J connectivity index is 2.42. The SMILES string of the molecule is CCOC(=O)c1oc(-c2ccc(Br)c(C)c2)nc1CC. The normalized spacial score (nSPS) is 10.6. The number of carbonyl (C=O) groups is 1. The molecule has 0 saturated heterocycles. The average molecular weight is 338 g/mol. The summed E-state index contributed by atoms with van der Waals surface area (Å²) < 4.78 is 11.6. The Morgan fingerprint density at radius 3 is 2.75 bits per heavy atom. The number of hydrogen-bond donors (Lipinski definition) is 0. The van der Waals surface area contributed by atoms with Crippen molar-refractivity contribution in [1.82, 2.24) is 4.98 Å². The van der Waals surface area contributed by atoms with Gasteiger partial charge in [-0.15, -0.1) is 0 Å². The van der Waals surface area contributed by atoms with Crippen LogP contribution in [0.2, 0.25) is 0 Å². The summed E-state index contributed by atoms with van der Waals surface area (Å²) in [5.41, 5.74) is 2.55. The number of aryl methyl sites for hydroxylation is 2. The fraction of sp³-hybridized carbons (Fsp3) is 0.333. The topological polar surface area (TPSA) is 52.3 Å². The predicted molar refractivity (Wildman–Crippen MR) is 79.7 cm³/mol. The Bertz CT molecular complexity index is 634. The molecule has 0 fully saturated rings. The quantitative estimate of drug-likeness (QED) is 0.786. The van der Waals surface area contributed by atoms with E-state index < -0.39 is 5.97 Å². The number of esters is 1. The summed E-state index contributed by atoms with van der Waals surface area (Å²) in [5.74, 6) is 0.183. The zero-order valence-corrected chi connectivity index (χ0v) is 13.3. The van der Waals surface area contributed by atoms with E-state index >= 15 is 0 Å². The summed E-state index contributed by atoms with van der Waals surface area (Å²) in [5, 5.41) is 0. The number of halogens is 1. The number of nitrogens with zero attached hydrogens (tertiary/aromatic N) is 1. The van der Waals surface area contributed by atoms with Crippen LogP contribution in [-0.4, -0.2) is 17.6 Å². The van der Waals surface area contributed by atoms with E-state index in [9.17, 15) is 4.79 Å². The molecule has 2 aromatic rings. The van der Waals surface area contributed by atoms with Crippen LogP contribution in [0.15, 0.2) is 27.1 Å². The van der Waals surface area contributed by atoms with Crippen LogP contribution in [0.4, 0.5) is 0 Å². The molecular formula is C15H16BrNO3. The highest BCUT2D eigenvalue weighted by Crippen LogP contribution is 2.26. The number of ether oxygens (including phenoxy) is 1. The molecule has 0 bridgehead atoms. The van der Waals surface area contributed by atoms with Gasteiger partial charge < -0.3 is 9.15 Å². The van der Waals surface area contributed by atoms with Gasteiger partial charge in [-0.1, -0.05) is 22.9 Å². The van der Waals surface area contributed by atoms with Gasteiger partial charge in [0.05, 0.1) is 12.3 Å². The molecule has 1 aromatic carbocycles. The van der Waals surface area contributed by atoms with Gasteiger partial charge in [-0.25, -0.2) is 9.78 Å². The van der Waals surface area contributed by atoms with Gasteiger partial charge in [-0.05, 0) is 44.0 Å². The van der Waals surface area contributed by atoms with Gasteiger partial charge in [0.15, 0.2) is 0 Å². The van der Waals surface area contributed by atoms with Crippen molar-refractivity contribution in [2.24, 2.45) is 0 Å². The number of oxazole rings is 1. The standard InChI is InChI=1S/C15H16BrNO3/c1-4-12-13(15(18)19-5-2)20-14(17-12)10-6-7-11(16)9(3)8-10/h6-8H,4-5H2,1-3H3. The number of rotatable bonds is 4. The average Bonchev–Trinajstić information content (AvgIpc) is 2.86. The van der Waals surface area contributed by atoms with Gasteiger partial charge in [-0.3, -0.25) is 0 Å². The van der Waals surface area contributed by atoms with E-state index in [-0.39, 0.29) is 5.76 Å². The second-order valence-corrected chi connectivity index (χ2v) is 5.19. The smallest absolute Gasteiger partial charge is 0.376 e. The fourth-order valence-electron chi connectivity index (χ4n) is 1.85. The third-order valence-electron chi connectivity index (χ3n) is 2.90. The van der Waals surface area contributed by atoms with Gasteiger partial charge in [-0.2, -0.15) is 0 Å². The monoisotopic (exact) mass is 337 g/mol. The molecule has 5 heteroatoms. The van der Waals surface area contributed by atoms with Crippen LogP contribution in [0.1, 0.15) is 35.7 Å². The fourth-order valence-corrected chi connectivity index (χ4v) is 2.10. The highest BCUT2D eigenvalue weighted by Gasteiger charge is 2.21. The third kappa shape index (κ3) is 2.93. The second kappa shape index (κ2) is 6.22. The largest absolute Gasteiger partial charge is 0.460 e. The van der Waals surface area contributed by atoms with Crippen LogP contribution in [0, 0.1) is 6.92 Å². The molecule has 106 valence electrons. The molecule has 1 heterocycles. The van der Waals surface area contributed by atoms with Gasteiger partial charge in [0, 0.05) is 10.0 Å². The van der Waals surface area contributed by atoms with Crippen molar-refractivity contribution in [3.8, 4) is 11.5 Å². The van der Waals surface area contributed by atoms with Crippen molar-refractivity contribution in [3.05, 3.63) is 39.7 Å². The summed E-state index contributed by atoms with van der Waals surface area (Å²) in [6.07, 6.45) is 0.618. The first-order valence-electron chi connectivity index (χ1n) is 6.50. The summed E-state index contributed by atoms with van der Waals surface area (Å²) in [7, 11) is 0. The first-order valence-corrected chi connectivity index (χ1v) is 7.29. The molecule has 0 aliphatic heterocycles. The second-order valence-electron chi connectivity index (χ2n) is 4.33. The molecule has 0 amide bonds. The first kappa shape index (κ1) is 14.8. The van der Waals surface area contributed by atoms with E-state index in [1.165, 1.54) is 0 Å². The van der Waals surface area contributed by atoms with Crippen molar-refractivity contribution in [2.75, 3.05) is 6.61 Å². The van der Waals surface area contributed by atoms with Gasteiger partial charge in [0.2, 0.25) is 11.7 Å². The van der Waals surface area contributed by atoms with Gasteiger partial charge in [0.25, 0.3) is 0 Å². The molecule has 20 heavy (non-hydrogen) atoms. The van der Waals surface area contributed by atoms with E-state index in [1.54, 1.807) is 6.92 Å². The Morgan fingerprint density at radius 2 is 2.15 bits per heavy atom. The zero-order chi connectivity index (χ0) is 14.7. The lowest BCUT2D eigenvalue weighted by Crippen LogP contribution is -2.05.